The third-order valence-electron chi connectivity index (χ3n) is 3.31. The van der Waals surface area contributed by atoms with Crippen LogP contribution in [0.3, 0.4) is 0 Å². The van der Waals surface area contributed by atoms with Crippen LogP contribution in [0.1, 0.15) is 26.7 Å². The predicted molar refractivity (Wildman–Crippen MR) is 67.0 cm³/mol. The van der Waals surface area contributed by atoms with Gasteiger partial charge in [-0.15, -0.1) is 0 Å². The van der Waals surface area contributed by atoms with Gasteiger partial charge in [0.2, 0.25) is 0 Å². The van der Waals surface area contributed by atoms with E-state index in [0.717, 1.165) is 14.0 Å². The molecule has 1 saturated carbocycles. The monoisotopic (exact) mass is 306 g/mol. The van der Waals surface area contributed by atoms with E-state index in [1.807, 2.05) is 0 Å². The number of hydrogen-bond acceptors (Lipinski definition) is 7. The van der Waals surface area contributed by atoms with Crippen molar-refractivity contribution in [2.24, 2.45) is 0 Å². The maximum atomic E-state index is 15.1. The number of ether oxygens (including phenoxy) is 4. The van der Waals surface area contributed by atoms with E-state index < -0.39 is 41.9 Å². The number of hydrogen-bond donors (Lipinski definition) is 0. The fourth-order valence-corrected chi connectivity index (χ4v) is 2.48. The molecule has 0 bridgehead atoms. The lowest BCUT2D eigenvalue weighted by Crippen LogP contribution is -2.62. The number of carbonyl (C=O) groups excluding carboxylic acids is 3. The second-order valence-corrected chi connectivity index (χ2v) is 4.78. The Kier molecular flexibility index (Phi) is 5.65. The molecule has 0 aromatic carbocycles. The van der Waals surface area contributed by atoms with Crippen LogP contribution >= 0.6 is 0 Å². The highest BCUT2D eigenvalue weighted by Gasteiger charge is 2.60. The Morgan fingerprint density at radius 2 is 1.52 bits per heavy atom. The van der Waals surface area contributed by atoms with E-state index >= 15 is 4.39 Å². The maximum absolute atomic E-state index is 15.1. The zero-order chi connectivity index (χ0) is 16.2. The number of alkyl halides is 1. The summed E-state index contributed by atoms with van der Waals surface area (Å²) in [6, 6.07) is 0. The van der Waals surface area contributed by atoms with Crippen molar-refractivity contribution in [2.75, 3.05) is 14.2 Å². The van der Waals surface area contributed by atoms with Crippen LogP contribution in [-0.4, -0.2) is 56.1 Å². The normalized spacial score (nSPS) is 32.1. The summed E-state index contributed by atoms with van der Waals surface area (Å²) < 4.78 is 34.5. The highest BCUT2D eigenvalue weighted by Crippen LogP contribution is 2.38. The predicted octanol–water partition coefficient (Wildman–Crippen LogP) is 0.540. The molecule has 0 N–H and O–H groups in total. The molecule has 0 unspecified atom stereocenters. The molecule has 0 aromatic heterocycles. The molecule has 120 valence electrons. The van der Waals surface area contributed by atoms with Crippen molar-refractivity contribution in [1.82, 2.24) is 0 Å². The summed E-state index contributed by atoms with van der Waals surface area (Å²) >= 11 is 0. The molecule has 21 heavy (non-hydrogen) atoms. The van der Waals surface area contributed by atoms with Crippen molar-refractivity contribution >= 4 is 17.9 Å². The number of rotatable bonds is 4. The Balaban J connectivity index is 3.10. The van der Waals surface area contributed by atoms with E-state index in [1.54, 1.807) is 0 Å². The summed E-state index contributed by atoms with van der Waals surface area (Å²) in [4.78, 5) is 34.0. The minimum atomic E-state index is -2.65. The van der Waals surface area contributed by atoms with Crippen molar-refractivity contribution < 1.29 is 37.7 Å². The summed E-state index contributed by atoms with van der Waals surface area (Å²) in [6.07, 6.45) is -3.62. The van der Waals surface area contributed by atoms with Gasteiger partial charge in [-0.2, -0.15) is 0 Å². The van der Waals surface area contributed by atoms with Gasteiger partial charge in [0.05, 0.1) is 7.11 Å². The summed E-state index contributed by atoms with van der Waals surface area (Å²) in [5.41, 5.74) is -2.65. The van der Waals surface area contributed by atoms with Crippen LogP contribution in [0.5, 0.6) is 0 Å². The van der Waals surface area contributed by atoms with E-state index in [9.17, 15) is 14.4 Å². The molecule has 7 nitrogen and oxygen atoms in total. The first-order valence-corrected chi connectivity index (χ1v) is 6.40. The first kappa shape index (κ1) is 17.4. The van der Waals surface area contributed by atoms with Gasteiger partial charge in [0, 0.05) is 33.8 Å². The van der Waals surface area contributed by atoms with Crippen LogP contribution < -0.4 is 0 Å². The summed E-state index contributed by atoms with van der Waals surface area (Å²) in [5, 5.41) is 0. The average molecular weight is 306 g/mol. The summed E-state index contributed by atoms with van der Waals surface area (Å²) in [6.45, 7) is 2.30. The van der Waals surface area contributed by atoms with Crippen molar-refractivity contribution in [1.29, 1.82) is 0 Å². The summed E-state index contributed by atoms with van der Waals surface area (Å²) in [7, 11) is 2.24. The molecular weight excluding hydrogens is 287 g/mol. The van der Waals surface area contributed by atoms with Crippen molar-refractivity contribution in [3.63, 3.8) is 0 Å². The molecule has 8 heteroatoms. The van der Waals surface area contributed by atoms with Crippen molar-refractivity contribution in [3.8, 4) is 0 Å². The number of halogens is 1. The topological polar surface area (TPSA) is 88.1 Å². The van der Waals surface area contributed by atoms with Gasteiger partial charge in [-0.1, -0.05) is 0 Å². The van der Waals surface area contributed by atoms with Crippen LogP contribution in [0, 0.1) is 0 Å². The third kappa shape index (κ3) is 3.69. The second kappa shape index (κ2) is 6.84. The van der Waals surface area contributed by atoms with Crippen LogP contribution in [-0.2, 0) is 33.3 Å². The fourth-order valence-electron chi connectivity index (χ4n) is 2.48. The zero-order valence-electron chi connectivity index (χ0n) is 12.4. The van der Waals surface area contributed by atoms with Gasteiger partial charge in [-0.25, -0.2) is 9.18 Å². The Bertz CT molecular complexity index is 425. The van der Waals surface area contributed by atoms with Crippen LogP contribution in [0.25, 0.3) is 0 Å². The van der Waals surface area contributed by atoms with Gasteiger partial charge >= 0.3 is 17.9 Å². The minimum Gasteiger partial charge on any atom is -0.466 e. The molecular formula is C13H19FO7. The molecule has 1 fully saturated rings. The van der Waals surface area contributed by atoms with Crippen LogP contribution in [0.15, 0.2) is 0 Å². The van der Waals surface area contributed by atoms with E-state index in [4.69, 9.17) is 14.2 Å². The van der Waals surface area contributed by atoms with Crippen molar-refractivity contribution in [3.05, 3.63) is 0 Å². The number of esters is 3. The van der Waals surface area contributed by atoms with Gasteiger partial charge in [0.25, 0.3) is 5.67 Å². The van der Waals surface area contributed by atoms with E-state index in [-0.39, 0.29) is 12.8 Å². The number of carbonyl (C=O) groups is 3. The molecule has 1 aliphatic rings. The quantitative estimate of drug-likeness (QED) is 0.553. The smallest absolute Gasteiger partial charge is 0.350 e. The van der Waals surface area contributed by atoms with Gasteiger partial charge in [-0.3, -0.25) is 9.59 Å². The number of methoxy groups -OCH3 is 2. The molecule has 1 rings (SSSR count). The molecule has 1 aliphatic carbocycles. The lowest BCUT2D eigenvalue weighted by atomic mass is 9.79. The molecule has 0 saturated heterocycles. The van der Waals surface area contributed by atoms with Gasteiger partial charge in [-0.05, 0) is 0 Å². The Morgan fingerprint density at radius 3 is 1.95 bits per heavy atom. The summed E-state index contributed by atoms with van der Waals surface area (Å²) in [5.74, 6) is -2.51. The van der Waals surface area contributed by atoms with Gasteiger partial charge in [0.1, 0.15) is 12.2 Å². The first-order valence-electron chi connectivity index (χ1n) is 6.40. The second-order valence-electron chi connectivity index (χ2n) is 4.78. The fraction of sp³-hybridized carbons (Fsp3) is 0.769. The molecule has 0 radical (unpaired) electrons. The molecule has 4 atom stereocenters. The molecule has 0 spiro atoms. The van der Waals surface area contributed by atoms with Crippen LogP contribution in [0.4, 0.5) is 4.39 Å². The highest BCUT2D eigenvalue weighted by atomic mass is 19.1. The standard InChI is InChI=1S/C13H19FO7/c1-7(15)20-9-5-10(18-3)13(14,12(17)19-4)11(6-9)21-8(2)16/h9-11H,5-6H2,1-4H3/t9-,10-,11+,13+/m0/s1. The molecule has 0 amide bonds. The van der Waals surface area contributed by atoms with E-state index in [2.05, 4.69) is 4.74 Å². The lowest BCUT2D eigenvalue weighted by Gasteiger charge is -2.42. The average Bonchev–Trinajstić information content (AvgIpc) is 2.39. The Labute approximate surface area is 121 Å². The van der Waals surface area contributed by atoms with Crippen molar-refractivity contribution in [2.45, 2.75) is 50.7 Å². The van der Waals surface area contributed by atoms with Gasteiger partial charge < -0.3 is 18.9 Å². The Hall–Kier alpha value is -1.70. The molecule has 0 heterocycles. The lowest BCUT2D eigenvalue weighted by molar-refractivity contribution is -0.207. The third-order valence-corrected chi connectivity index (χ3v) is 3.31. The highest BCUT2D eigenvalue weighted by molar-refractivity contribution is 5.82. The molecule has 0 aromatic rings. The van der Waals surface area contributed by atoms with E-state index in [0.29, 0.717) is 0 Å². The molecule has 0 aliphatic heterocycles. The zero-order valence-corrected chi connectivity index (χ0v) is 12.4. The maximum Gasteiger partial charge on any atom is 0.350 e. The SMILES string of the molecule is COC(=O)[C@@]1(F)[C@@H](OC)C[C@H](OC(C)=O)C[C@H]1OC(C)=O. The van der Waals surface area contributed by atoms with Gasteiger partial charge in [0.15, 0.2) is 6.10 Å². The Morgan fingerprint density at radius 1 is 1.00 bits per heavy atom. The largest absolute Gasteiger partial charge is 0.466 e. The minimum absolute atomic E-state index is 0.0422. The van der Waals surface area contributed by atoms with E-state index in [1.165, 1.54) is 14.0 Å². The first-order chi connectivity index (χ1) is 9.75. The van der Waals surface area contributed by atoms with Crippen LogP contribution in [0.2, 0.25) is 0 Å².